The van der Waals surface area contributed by atoms with Gasteiger partial charge in [0.15, 0.2) is 0 Å². The fourth-order valence-corrected chi connectivity index (χ4v) is 1.35. The summed E-state index contributed by atoms with van der Waals surface area (Å²) in [4.78, 5) is 9.82. The Bertz CT molecular complexity index is 371. The van der Waals surface area contributed by atoms with Crippen LogP contribution in [0, 0.1) is 10.1 Å². The number of nitro groups is 1. The van der Waals surface area contributed by atoms with Crippen LogP contribution in [0.4, 0.5) is 5.88 Å². The molecule has 1 heterocycles. The molecule has 0 aliphatic carbocycles. The topological polar surface area (TPSA) is 91.5 Å². The van der Waals surface area contributed by atoms with Crippen LogP contribution in [-0.2, 0) is 11.3 Å². The first-order valence-electron chi connectivity index (χ1n) is 5.60. The molecule has 1 aromatic rings. The molecule has 0 amide bonds. The quantitative estimate of drug-likeness (QED) is 0.584. The van der Waals surface area contributed by atoms with Crippen LogP contribution in [0.3, 0.4) is 0 Å². The van der Waals surface area contributed by atoms with E-state index in [0.29, 0.717) is 12.4 Å². The van der Waals surface area contributed by atoms with Crippen LogP contribution < -0.4 is 5.73 Å². The second-order valence-corrected chi connectivity index (χ2v) is 4.06. The molecule has 0 aliphatic rings. The van der Waals surface area contributed by atoms with Gasteiger partial charge in [-0.2, -0.15) is 0 Å². The van der Waals surface area contributed by atoms with Crippen LogP contribution in [0.15, 0.2) is 16.5 Å². The molecule has 0 saturated heterocycles. The Labute approximate surface area is 99.9 Å². The molecule has 0 aliphatic heterocycles. The average Bonchev–Trinajstić information content (AvgIpc) is 2.78. The number of hydrogen-bond acceptors (Lipinski definition) is 5. The molecule has 96 valence electrons. The summed E-state index contributed by atoms with van der Waals surface area (Å²) in [6.45, 7) is 4.62. The van der Waals surface area contributed by atoms with Gasteiger partial charge in [0.2, 0.25) is 0 Å². The van der Waals surface area contributed by atoms with Crippen molar-refractivity contribution in [3.8, 4) is 0 Å². The maximum atomic E-state index is 10.4. The van der Waals surface area contributed by atoms with Crippen LogP contribution in [0.2, 0.25) is 0 Å². The molecular formula is C11H18N2O4. The number of ether oxygens (including phenoxy) is 1. The summed E-state index contributed by atoms with van der Waals surface area (Å²) in [5.74, 6) is 0.167. The van der Waals surface area contributed by atoms with Gasteiger partial charge in [-0.3, -0.25) is 10.1 Å². The normalized spacial score (nSPS) is 11.7. The van der Waals surface area contributed by atoms with E-state index >= 15 is 0 Å². The Morgan fingerprint density at radius 1 is 1.47 bits per heavy atom. The van der Waals surface area contributed by atoms with E-state index in [9.17, 15) is 10.1 Å². The zero-order chi connectivity index (χ0) is 12.9. The lowest BCUT2D eigenvalue weighted by Crippen LogP contribution is -2.43. The summed E-state index contributed by atoms with van der Waals surface area (Å²) in [5, 5.41) is 10.4. The fourth-order valence-electron chi connectivity index (χ4n) is 1.35. The van der Waals surface area contributed by atoms with Crippen molar-refractivity contribution in [2.24, 2.45) is 5.73 Å². The summed E-state index contributed by atoms with van der Waals surface area (Å²) in [6, 6.07) is 2.85. The maximum Gasteiger partial charge on any atom is 0.433 e. The Balaban J connectivity index is 2.43. The molecule has 0 fully saturated rings. The van der Waals surface area contributed by atoms with Crippen molar-refractivity contribution in [2.75, 3.05) is 6.61 Å². The number of nitrogens with two attached hydrogens (primary N) is 1. The maximum absolute atomic E-state index is 10.4. The molecule has 0 radical (unpaired) electrons. The molecule has 6 nitrogen and oxygen atoms in total. The second kappa shape index (κ2) is 5.79. The highest BCUT2D eigenvalue weighted by molar-refractivity contribution is 5.17. The SMILES string of the molecule is CCC(N)(CC)COCc1ccc([N+](=O)[O-])o1. The molecular weight excluding hydrogens is 224 g/mol. The van der Waals surface area contributed by atoms with Crippen molar-refractivity contribution < 1.29 is 14.1 Å². The highest BCUT2D eigenvalue weighted by Gasteiger charge is 2.20. The minimum absolute atomic E-state index is 0.201. The van der Waals surface area contributed by atoms with Crippen molar-refractivity contribution in [3.05, 3.63) is 28.0 Å². The molecule has 0 spiro atoms. The zero-order valence-corrected chi connectivity index (χ0v) is 10.1. The number of hydrogen-bond donors (Lipinski definition) is 1. The predicted octanol–water partition coefficient (Wildman–Crippen LogP) is 2.22. The van der Waals surface area contributed by atoms with Gasteiger partial charge in [0, 0.05) is 5.54 Å². The Kier molecular flexibility index (Phi) is 4.65. The first-order valence-corrected chi connectivity index (χ1v) is 5.60. The molecule has 0 bridgehead atoms. The molecule has 1 aromatic heterocycles. The van der Waals surface area contributed by atoms with E-state index in [4.69, 9.17) is 14.9 Å². The molecule has 2 N–H and O–H groups in total. The molecule has 0 saturated carbocycles. The van der Waals surface area contributed by atoms with E-state index in [-0.39, 0.29) is 18.0 Å². The minimum Gasteiger partial charge on any atom is -0.403 e. The van der Waals surface area contributed by atoms with Gasteiger partial charge in [-0.15, -0.1) is 0 Å². The minimum atomic E-state index is -0.575. The van der Waals surface area contributed by atoms with Gasteiger partial charge in [0.1, 0.15) is 17.3 Å². The predicted molar refractivity (Wildman–Crippen MR) is 62.5 cm³/mol. The molecule has 6 heteroatoms. The van der Waals surface area contributed by atoms with Crippen molar-refractivity contribution in [1.82, 2.24) is 0 Å². The van der Waals surface area contributed by atoms with Crippen molar-refractivity contribution in [1.29, 1.82) is 0 Å². The standard InChI is InChI=1S/C11H18N2O4/c1-3-11(12,4-2)8-16-7-9-5-6-10(17-9)13(14)15/h5-6H,3-4,7-8,12H2,1-2H3. The van der Waals surface area contributed by atoms with Gasteiger partial charge in [-0.25, -0.2) is 0 Å². The van der Waals surface area contributed by atoms with Gasteiger partial charge in [0.05, 0.1) is 12.7 Å². The highest BCUT2D eigenvalue weighted by Crippen LogP contribution is 2.17. The van der Waals surface area contributed by atoms with E-state index in [1.807, 2.05) is 13.8 Å². The number of rotatable bonds is 7. The lowest BCUT2D eigenvalue weighted by molar-refractivity contribution is -0.402. The van der Waals surface area contributed by atoms with Crippen molar-refractivity contribution >= 4 is 5.88 Å². The van der Waals surface area contributed by atoms with Crippen LogP contribution in [0.5, 0.6) is 0 Å². The summed E-state index contributed by atoms with van der Waals surface area (Å²) in [5.41, 5.74) is 5.72. The monoisotopic (exact) mass is 242 g/mol. The van der Waals surface area contributed by atoms with Gasteiger partial charge in [-0.1, -0.05) is 13.8 Å². The zero-order valence-electron chi connectivity index (χ0n) is 10.1. The Morgan fingerprint density at radius 2 is 2.12 bits per heavy atom. The summed E-state index contributed by atoms with van der Waals surface area (Å²) < 4.78 is 10.4. The van der Waals surface area contributed by atoms with E-state index < -0.39 is 4.92 Å². The van der Waals surface area contributed by atoms with Crippen LogP contribution in [0.1, 0.15) is 32.4 Å². The van der Waals surface area contributed by atoms with Crippen molar-refractivity contribution in [3.63, 3.8) is 0 Å². The lowest BCUT2D eigenvalue weighted by Gasteiger charge is -2.25. The number of furan rings is 1. The summed E-state index contributed by atoms with van der Waals surface area (Å²) in [6.07, 6.45) is 1.64. The molecule has 0 aromatic carbocycles. The van der Waals surface area contributed by atoms with Gasteiger partial charge >= 0.3 is 5.88 Å². The van der Waals surface area contributed by atoms with Crippen LogP contribution >= 0.6 is 0 Å². The first-order chi connectivity index (χ1) is 8.00. The molecule has 0 unspecified atom stereocenters. The molecule has 17 heavy (non-hydrogen) atoms. The Hall–Kier alpha value is -1.40. The second-order valence-electron chi connectivity index (χ2n) is 4.06. The number of nitrogens with zero attached hydrogens (tertiary/aromatic N) is 1. The van der Waals surface area contributed by atoms with Crippen LogP contribution in [0.25, 0.3) is 0 Å². The van der Waals surface area contributed by atoms with E-state index in [1.54, 1.807) is 0 Å². The largest absolute Gasteiger partial charge is 0.433 e. The highest BCUT2D eigenvalue weighted by atomic mass is 16.6. The third-order valence-electron chi connectivity index (χ3n) is 2.87. The molecule has 1 rings (SSSR count). The van der Waals surface area contributed by atoms with Gasteiger partial charge in [-0.05, 0) is 18.9 Å². The molecule has 0 atom stereocenters. The Morgan fingerprint density at radius 3 is 2.59 bits per heavy atom. The third-order valence-corrected chi connectivity index (χ3v) is 2.87. The van der Waals surface area contributed by atoms with Crippen LogP contribution in [-0.4, -0.2) is 17.1 Å². The van der Waals surface area contributed by atoms with E-state index in [1.165, 1.54) is 12.1 Å². The van der Waals surface area contributed by atoms with Crippen molar-refractivity contribution in [2.45, 2.75) is 38.8 Å². The lowest BCUT2D eigenvalue weighted by atomic mass is 9.96. The van der Waals surface area contributed by atoms with E-state index in [0.717, 1.165) is 12.8 Å². The summed E-state index contributed by atoms with van der Waals surface area (Å²) >= 11 is 0. The fraction of sp³-hybridized carbons (Fsp3) is 0.636. The van der Waals surface area contributed by atoms with E-state index in [2.05, 4.69) is 0 Å². The van der Waals surface area contributed by atoms with Gasteiger partial charge < -0.3 is 14.9 Å². The van der Waals surface area contributed by atoms with Gasteiger partial charge in [0.25, 0.3) is 0 Å². The smallest absolute Gasteiger partial charge is 0.403 e. The first kappa shape index (κ1) is 13.7. The average molecular weight is 242 g/mol. The third kappa shape index (κ3) is 3.83. The summed E-state index contributed by atoms with van der Waals surface area (Å²) in [7, 11) is 0.